The number of anilines is 1. The van der Waals surface area contributed by atoms with Gasteiger partial charge in [-0.3, -0.25) is 14.3 Å². The van der Waals surface area contributed by atoms with E-state index in [1.54, 1.807) is 22.8 Å². The van der Waals surface area contributed by atoms with Crippen LogP contribution >= 0.6 is 0 Å². The first-order chi connectivity index (χ1) is 11.6. The molecule has 2 aromatic rings. The van der Waals surface area contributed by atoms with Crippen LogP contribution in [-0.2, 0) is 23.1 Å². The SMILES string of the molecule is CN1C(=O)C[C@H](C(=O)N2CCc3ccccc32)[C@@H]1c1ccnn1C. The van der Waals surface area contributed by atoms with Crippen molar-refractivity contribution in [1.29, 1.82) is 0 Å². The maximum Gasteiger partial charge on any atom is 0.233 e. The number of nitrogens with zero attached hydrogens (tertiary/aromatic N) is 4. The number of likely N-dealkylation sites (tertiary alicyclic amines) is 1. The zero-order valence-corrected chi connectivity index (χ0v) is 13.8. The molecule has 0 spiro atoms. The molecule has 0 saturated carbocycles. The van der Waals surface area contributed by atoms with E-state index in [1.165, 1.54) is 5.56 Å². The summed E-state index contributed by atoms with van der Waals surface area (Å²) < 4.78 is 1.75. The fraction of sp³-hybridized carbons (Fsp3) is 0.389. The summed E-state index contributed by atoms with van der Waals surface area (Å²) in [7, 11) is 3.61. The van der Waals surface area contributed by atoms with Crippen LogP contribution in [0.25, 0.3) is 0 Å². The third-order valence-electron chi connectivity index (χ3n) is 5.22. The number of aromatic nitrogens is 2. The highest BCUT2D eigenvalue weighted by Gasteiger charge is 2.46. The Labute approximate surface area is 140 Å². The van der Waals surface area contributed by atoms with Crippen molar-refractivity contribution >= 4 is 17.5 Å². The summed E-state index contributed by atoms with van der Waals surface area (Å²) in [6.07, 6.45) is 2.83. The topological polar surface area (TPSA) is 58.4 Å². The standard InChI is InChI=1S/C18H20N4O2/c1-20-16(23)11-13(17(20)15-7-9-19-21(15)2)18(24)22-10-8-12-5-3-4-6-14(12)22/h3-7,9,13,17H,8,10-11H2,1-2H3/t13-,17+/m0/s1. The molecule has 24 heavy (non-hydrogen) atoms. The molecule has 0 bridgehead atoms. The van der Waals surface area contributed by atoms with Crippen LogP contribution in [0.2, 0.25) is 0 Å². The molecule has 2 atom stereocenters. The quantitative estimate of drug-likeness (QED) is 0.842. The van der Waals surface area contributed by atoms with E-state index in [4.69, 9.17) is 0 Å². The number of para-hydroxylation sites is 1. The molecule has 0 unspecified atom stereocenters. The second kappa shape index (κ2) is 5.47. The van der Waals surface area contributed by atoms with E-state index < -0.39 is 0 Å². The van der Waals surface area contributed by atoms with E-state index in [0.717, 1.165) is 17.8 Å². The normalized spacial score (nSPS) is 23.0. The van der Waals surface area contributed by atoms with Crippen molar-refractivity contribution in [1.82, 2.24) is 14.7 Å². The first-order valence-corrected chi connectivity index (χ1v) is 8.21. The van der Waals surface area contributed by atoms with Gasteiger partial charge in [-0.25, -0.2) is 0 Å². The lowest BCUT2D eigenvalue weighted by atomic mass is 9.95. The Morgan fingerprint density at radius 3 is 2.75 bits per heavy atom. The molecule has 4 rings (SSSR count). The lowest BCUT2D eigenvalue weighted by Gasteiger charge is -2.27. The highest BCUT2D eigenvalue weighted by molar-refractivity contribution is 6.01. The predicted octanol–water partition coefficient (Wildman–Crippen LogP) is 1.53. The van der Waals surface area contributed by atoms with Gasteiger partial charge in [0, 0.05) is 38.9 Å². The second-order valence-corrected chi connectivity index (χ2v) is 6.51. The number of rotatable bonds is 2. The zero-order chi connectivity index (χ0) is 16.8. The average Bonchev–Trinajstić information content (AvgIpc) is 3.26. The number of fused-ring (bicyclic) bond motifs is 1. The first kappa shape index (κ1) is 14.9. The van der Waals surface area contributed by atoms with Crippen LogP contribution < -0.4 is 4.90 Å². The van der Waals surface area contributed by atoms with Crippen LogP contribution in [0, 0.1) is 5.92 Å². The van der Waals surface area contributed by atoms with Crippen LogP contribution in [0.3, 0.4) is 0 Å². The number of amides is 2. The molecular formula is C18H20N4O2. The van der Waals surface area contributed by atoms with Crippen LogP contribution in [0.15, 0.2) is 36.5 Å². The van der Waals surface area contributed by atoms with E-state index in [1.807, 2.05) is 36.2 Å². The van der Waals surface area contributed by atoms with Gasteiger partial charge < -0.3 is 9.80 Å². The molecule has 124 valence electrons. The van der Waals surface area contributed by atoms with Gasteiger partial charge in [-0.05, 0) is 24.1 Å². The third kappa shape index (κ3) is 2.13. The number of hydrogen-bond acceptors (Lipinski definition) is 3. The fourth-order valence-corrected chi connectivity index (χ4v) is 3.94. The highest BCUT2D eigenvalue weighted by atomic mass is 16.2. The minimum atomic E-state index is -0.371. The van der Waals surface area contributed by atoms with Crippen molar-refractivity contribution < 1.29 is 9.59 Å². The largest absolute Gasteiger partial charge is 0.336 e. The van der Waals surface area contributed by atoms with Crippen molar-refractivity contribution in [2.24, 2.45) is 13.0 Å². The molecule has 0 N–H and O–H groups in total. The van der Waals surface area contributed by atoms with Crippen LogP contribution in [0.4, 0.5) is 5.69 Å². The molecule has 6 nitrogen and oxygen atoms in total. The van der Waals surface area contributed by atoms with Crippen molar-refractivity contribution in [2.75, 3.05) is 18.5 Å². The molecule has 2 aliphatic heterocycles. The van der Waals surface area contributed by atoms with Gasteiger partial charge in [0.2, 0.25) is 11.8 Å². The Morgan fingerprint density at radius 1 is 1.21 bits per heavy atom. The number of benzene rings is 1. The lowest BCUT2D eigenvalue weighted by molar-refractivity contribution is -0.128. The molecule has 0 radical (unpaired) electrons. The van der Waals surface area contributed by atoms with Crippen molar-refractivity contribution in [3.05, 3.63) is 47.8 Å². The Hall–Kier alpha value is -2.63. The molecule has 2 aliphatic rings. The molecule has 1 fully saturated rings. The van der Waals surface area contributed by atoms with E-state index in [-0.39, 0.29) is 30.2 Å². The van der Waals surface area contributed by atoms with Crippen molar-refractivity contribution in [3.8, 4) is 0 Å². The molecule has 0 aliphatic carbocycles. The van der Waals surface area contributed by atoms with Gasteiger partial charge in [-0.1, -0.05) is 18.2 Å². The average molecular weight is 324 g/mol. The van der Waals surface area contributed by atoms with Gasteiger partial charge in [0.05, 0.1) is 17.7 Å². The molecule has 1 saturated heterocycles. The highest BCUT2D eigenvalue weighted by Crippen LogP contribution is 2.40. The van der Waals surface area contributed by atoms with E-state index in [9.17, 15) is 9.59 Å². The van der Waals surface area contributed by atoms with Crippen molar-refractivity contribution in [3.63, 3.8) is 0 Å². The maximum atomic E-state index is 13.2. The number of carbonyl (C=O) groups is 2. The molecule has 2 amide bonds. The Balaban J connectivity index is 1.69. The lowest BCUT2D eigenvalue weighted by Crippen LogP contribution is -2.38. The minimum Gasteiger partial charge on any atom is -0.336 e. The second-order valence-electron chi connectivity index (χ2n) is 6.51. The molecule has 1 aromatic carbocycles. The van der Waals surface area contributed by atoms with Gasteiger partial charge in [0.1, 0.15) is 0 Å². The smallest absolute Gasteiger partial charge is 0.233 e. The van der Waals surface area contributed by atoms with E-state index >= 15 is 0 Å². The summed E-state index contributed by atoms with van der Waals surface area (Å²) in [4.78, 5) is 29.1. The number of carbonyl (C=O) groups excluding carboxylic acids is 2. The Morgan fingerprint density at radius 2 is 2.00 bits per heavy atom. The van der Waals surface area contributed by atoms with Crippen molar-refractivity contribution in [2.45, 2.75) is 18.9 Å². The predicted molar refractivity (Wildman–Crippen MR) is 89.3 cm³/mol. The van der Waals surface area contributed by atoms with Crippen LogP contribution in [-0.4, -0.2) is 40.1 Å². The summed E-state index contributed by atoms with van der Waals surface area (Å²) in [6, 6.07) is 9.63. The van der Waals surface area contributed by atoms with Crippen LogP contribution in [0.1, 0.15) is 23.7 Å². The number of hydrogen-bond donors (Lipinski definition) is 0. The van der Waals surface area contributed by atoms with Gasteiger partial charge in [-0.2, -0.15) is 5.10 Å². The van der Waals surface area contributed by atoms with Gasteiger partial charge in [0.25, 0.3) is 0 Å². The minimum absolute atomic E-state index is 0.00651. The van der Waals surface area contributed by atoms with E-state index in [0.29, 0.717) is 6.54 Å². The molecule has 6 heteroatoms. The summed E-state index contributed by atoms with van der Waals surface area (Å²) in [5, 5.41) is 4.20. The van der Waals surface area contributed by atoms with Gasteiger partial charge in [0.15, 0.2) is 0 Å². The fourth-order valence-electron chi connectivity index (χ4n) is 3.94. The van der Waals surface area contributed by atoms with E-state index in [2.05, 4.69) is 11.2 Å². The van der Waals surface area contributed by atoms with Crippen LogP contribution in [0.5, 0.6) is 0 Å². The third-order valence-corrected chi connectivity index (χ3v) is 5.22. The summed E-state index contributed by atoms with van der Waals surface area (Å²) in [6.45, 7) is 0.685. The zero-order valence-electron chi connectivity index (χ0n) is 13.8. The van der Waals surface area contributed by atoms with Gasteiger partial charge >= 0.3 is 0 Å². The Bertz CT molecular complexity index is 813. The number of aryl methyl sites for hydroxylation is 1. The molecule has 1 aromatic heterocycles. The maximum absolute atomic E-state index is 13.2. The first-order valence-electron chi connectivity index (χ1n) is 8.21. The summed E-state index contributed by atoms with van der Waals surface area (Å²) >= 11 is 0. The Kier molecular flexibility index (Phi) is 3.40. The monoisotopic (exact) mass is 324 g/mol. The summed E-state index contributed by atoms with van der Waals surface area (Å²) in [5.74, 6) is -0.333. The molecule has 3 heterocycles. The molecular weight excluding hydrogens is 304 g/mol. The van der Waals surface area contributed by atoms with Gasteiger partial charge in [-0.15, -0.1) is 0 Å². The summed E-state index contributed by atoms with van der Waals surface area (Å²) in [5.41, 5.74) is 3.07.